The van der Waals surface area contributed by atoms with Gasteiger partial charge in [-0.1, -0.05) is 19.1 Å². The van der Waals surface area contributed by atoms with Crippen molar-refractivity contribution in [3.05, 3.63) is 47.9 Å². The number of rotatable bonds is 5. The Morgan fingerprint density at radius 3 is 2.60 bits per heavy atom. The topological polar surface area (TPSA) is 55.0 Å². The second-order valence-corrected chi connectivity index (χ2v) is 5.32. The highest BCUT2D eigenvalue weighted by Gasteiger charge is 2.30. The summed E-state index contributed by atoms with van der Waals surface area (Å²) in [4.78, 5) is 11.1. The fourth-order valence-corrected chi connectivity index (χ4v) is 2.34. The van der Waals surface area contributed by atoms with Crippen molar-refractivity contribution >= 4 is 11.5 Å². The normalized spacial score (nSPS) is 14.2. The van der Waals surface area contributed by atoms with Gasteiger partial charge < -0.3 is 10.6 Å². The van der Waals surface area contributed by atoms with Crippen LogP contribution in [-0.4, -0.2) is 16.0 Å². The molecule has 1 aliphatic rings. The van der Waals surface area contributed by atoms with E-state index in [0.29, 0.717) is 6.04 Å². The quantitative estimate of drug-likeness (QED) is 0.847. The summed E-state index contributed by atoms with van der Waals surface area (Å²) in [6.45, 7) is 3.00. The van der Waals surface area contributed by atoms with Crippen LogP contribution in [0.2, 0.25) is 0 Å². The second-order valence-electron chi connectivity index (χ2n) is 5.32. The molecule has 3 rings (SSSR count). The van der Waals surface area contributed by atoms with Crippen molar-refractivity contribution in [3.63, 3.8) is 0 Å². The smallest absolute Gasteiger partial charge is 0.132 e. The Balaban J connectivity index is 1.83. The molecule has 2 aromatic rings. The first-order valence-corrected chi connectivity index (χ1v) is 7.18. The van der Waals surface area contributed by atoms with Gasteiger partial charge in [-0.15, -0.1) is 0 Å². The fraction of sp³-hybridized carbons (Fsp3) is 0.375. The van der Waals surface area contributed by atoms with E-state index in [2.05, 4.69) is 40.0 Å². The van der Waals surface area contributed by atoms with Gasteiger partial charge in [0.05, 0.1) is 0 Å². The molecule has 4 heteroatoms. The van der Waals surface area contributed by atoms with Gasteiger partial charge >= 0.3 is 0 Å². The molecule has 0 unspecified atom stereocenters. The molecule has 1 aromatic heterocycles. The lowest BCUT2D eigenvalue weighted by Crippen LogP contribution is -2.26. The highest BCUT2D eigenvalue weighted by Crippen LogP contribution is 2.32. The number of nitrogens with two attached hydrogens (primary N) is 1. The second kappa shape index (κ2) is 5.49. The van der Waals surface area contributed by atoms with E-state index in [0.717, 1.165) is 30.2 Å². The van der Waals surface area contributed by atoms with Crippen molar-refractivity contribution in [1.29, 1.82) is 0 Å². The Kier molecular flexibility index (Phi) is 3.54. The zero-order valence-corrected chi connectivity index (χ0v) is 11.8. The van der Waals surface area contributed by atoms with Gasteiger partial charge in [-0.25, -0.2) is 9.97 Å². The van der Waals surface area contributed by atoms with E-state index in [1.54, 1.807) is 6.33 Å². The third kappa shape index (κ3) is 2.90. The van der Waals surface area contributed by atoms with Gasteiger partial charge in [0.2, 0.25) is 0 Å². The summed E-state index contributed by atoms with van der Waals surface area (Å²) in [5, 5.41) is 0. The van der Waals surface area contributed by atoms with Gasteiger partial charge in [0.1, 0.15) is 12.1 Å². The molecular formula is C16H20N4. The molecule has 1 aromatic carbocycles. The minimum Gasteiger partial charge on any atom is -0.399 e. The molecule has 1 heterocycles. The average molecular weight is 268 g/mol. The van der Waals surface area contributed by atoms with Crippen LogP contribution < -0.4 is 10.6 Å². The van der Waals surface area contributed by atoms with Crippen LogP contribution in [0.5, 0.6) is 0 Å². The maximum Gasteiger partial charge on any atom is 0.132 e. The molecule has 0 bridgehead atoms. The van der Waals surface area contributed by atoms with Crippen molar-refractivity contribution in [2.24, 2.45) is 0 Å². The summed E-state index contributed by atoms with van der Waals surface area (Å²) in [6.07, 6.45) is 5.11. The van der Waals surface area contributed by atoms with E-state index >= 15 is 0 Å². The third-order valence-corrected chi connectivity index (χ3v) is 3.69. The molecule has 1 fully saturated rings. The van der Waals surface area contributed by atoms with Gasteiger partial charge in [-0.2, -0.15) is 0 Å². The standard InChI is InChI=1S/C16H20N4/c1-2-14-9-16(19-11-18-14)20(15-7-8-15)10-12-3-5-13(17)6-4-12/h3-6,9,11,15H,2,7-8,10,17H2,1H3. The van der Waals surface area contributed by atoms with Crippen LogP contribution in [0.15, 0.2) is 36.7 Å². The molecule has 1 saturated carbocycles. The van der Waals surface area contributed by atoms with Crippen molar-refractivity contribution in [2.75, 3.05) is 10.6 Å². The molecule has 0 spiro atoms. The number of nitrogens with zero attached hydrogens (tertiary/aromatic N) is 3. The number of aryl methyl sites for hydroxylation is 1. The predicted molar refractivity (Wildman–Crippen MR) is 81.5 cm³/mol. The van der Waals surface area contributed by atoms with E-state index in [1.807, 2.05) is 12.1 Å². The molecule has 0 atom stereocenters. The minimum absolute atomic E-state index is 0.618. The van der Waals surface area contributed by atoms with Gasteiger partial charge in [0, 0.05) is 30.0 Å². The number of hydrogen-bond acceptors (Lipinski definition) is 4. The predicted octanol–water partition coefficient (Wildman–Crippen LogP) is 2.79. The molecule has 0 amide bonds. The van der Waals surface area contributed by atoms with E-state index < -0.39 is 0 Å². The molecule has 2 N–H and O–H groups in total. The summed E-state index contributed by atoms with van der Waals surface area (Å²) in [7, 11) is 0. The molecule has 4 nitrogen and oxygen atoms in total. The lowest BCUT2D eigenvalue weighted by atomic mass is 10.2. The summed E-state index contributed by atoms with van der Waals surface area (Å²) in [5.41, 5.74) is 8.91. The third-order valence-electron chi connectivity index (χ3n) is 3.69. The Labute approximate surface area is 119 Å². The van der Waals surface area contributed by atoms with Crippen LogP contribution in [0.3, 0.4) is 0 Å². The Hall–Kier alpha value is -2.10. The highest BCUT2D eigenvalue weighted by molar-refractivity contribution is 5.45. The van der Waals surface area contributed by atoms with Crippen LogP contribution in [0.25, 0.3) is 0 Å². The van der Waals surface area contributed by atoms with E-state index in [1.165, 1.54) is 18.4 Å². The van der Waals surface area contributed by atoms with Gasteiger partial charge in [0.15, 0.2) is 0 Å². The lowest BCUT2D eigenvalue weighted by molar-refractivity contribution is 0.771. The molecule has 0 radical (unpaired) electrons. The maximum atomic E-state index is 5.74. The number of hydrogen-bond donors (Lipinski definition) is 1. The van der Waals surface area contributed by atoms with Gasteiger partial charge in [-0.3, -0.25) is 0 Å². The minimum atomic E-state index is 0.618. The summed E-state index contributed by atoms with van der Waals surface area (Å²) >= 11 is 0. The molecule has 1 aliphatic carbocycles. The summed E-state index contributed by atoms with van der Waals surface area (Å²) < 4.78 is 0. The Bertz CT molecular complexity index is 575. The maximum absolute atomic E-state index is 5.74. The summed E-state index contributed by atoms with van der Waals surface area (Å²) in [6, 6.07) is 10.8. The molecule has 104 valence electrons. The molecule has 0 aliphatic heterocycles. The van der Waals surface area contributed by atoms with Crippen LogP contribution in [-0.2, 0) is 13.0 Å². The zero-order chi connectivity index (χ0) is 13.9. The van der Waals surface area contributed by atoms with E-state index in [9.17, 15) is 0 Å². The molecule has 20 heavy (non-hydrogen) atoms. The first-order chi connectivity index (χ1) is 9.76. The highest BCUT2D eigenvalue weighted by atomic mass is 15.2. The fourth-order valence-electron chi connectivity index (χ4n) is 2.34. The van der Waals surface area contributed by atoms with E-state index in [4.69, 9.17) is 5.73 Å². The zero-order valence-electron chi connectivity index (χ0n) is 11.8. The van der Waals surface area contributed by atoms with Crippen molar-refractivity contribution in [1.82, 2.24) is 9.97 Å². The number of anilines is 2. The molecule has 0 saturated heterocycles. The lowest BCUT2D eigenvalue weighted by Gasteiger charge is -2.24. The van der Waals surface area contributed by atoms with Crippen LogP contribution in [0, 0.1) is 0 Å². The van der Waals surface area contributed by atoms with Crippen LogP contribution in [0.1, 0.15) is 31.0 Å². The first kappa shape index (κ1) is 12.9. The van der Waals surface area contributed by atoms with Gasteiger partial charge in [-0.05, 0) is 37.0 Å². The van der Waals surface area contributed by atoms with Crippen LogP contribution >= 0.6 is 0 Å². The summed E-state index contributed by atoms with van der Waals surface area (Å²) in [5.74, 6) is 1.04. The van der Waals surface area contributed by atoms with Crippen molar-refractivity contribution < 1.29 is 0 Å². The largest absolute Gasteiger partial charge is 0.399 e. The number of nitrogen functional groups attached to an aromatic ring is 1. The van der Waals surface area contributed by atoms with Crippen LogP contribution in [0.4, 0.5) is 11.5 Å². The molecular weight excluding hydrogens is 248 g/mol. The first-order valence-electron chi connectivity index (χ1n) is 7.18. The van der Waals surface area contributed by atoms with E-state index in [-0.39, 0.29) is 0 Å². The SMILES string of the molecule is CCc1cc(N(Cc2ccc(N)cc2)C2CC2)ncn1. The average Bonchev–Trinajstić information content (AvgIpc) is 3.31. The Morgan fingerprint density at radius 2 is 1.95 bits per heavy atom. The van der Waals surface area contributed by atoms with Crippen molar-refractivity contribution in [2.45, 2.75) is 38.8 Å². The van der Waals surface area contributed by atoms with Crippen molar-refractivity contribution in [3.8, 4) is 0 Å². The van der Waals surface area contributed by atoms with Gasteiger partial charge in [0.25, 0.3) is 0 Å². The Morgan fingerprint density at radius 1 is 1.20 bits per heavy atom. The number of aromatic nitrogens is 2. The monoisotopic (exact) mass is 268 g/mol. The number of benzene rings is 1.